The predicted molar refractivity (Wildman–Crippen MR) is 108 cm³/mol. The predicted octanol–water partition coefficient (Wildman–Crippen LogP) is 4.41. The van der Waals surface area contributed by atoms with Crippen molar-refractivity contribution >= 4 is 35.4 Å². The van der Waals surface area contributed by atoms with Gasteiger partial charge in [-0.15, -0.1) is 0 Å². The van der Waals surface area contributed by atoms with Gasteiger partial charge in [-0.3, -0.25) is 9.78 Å². The van der Waals surface area contributed by atoms with Crippen LogP contribution in [0.4, 0.5) is 5.95 Å². The van der Waals surface area contributed by atoms with Crippen molar-refractivity contribution in [3.05, 3.63) is 85.8 Å². The van der Waals surface area contributed by atoms with Crippen molar-refractivity contribution in [1.29, 1.82) is 0 Å². The highest BCUT2D eigenvalue weighted by molar-refractivity contribution is 6.42. The van der Waals surface area contributed by atoms with E-state index in [1.54, 1.807) is 25.3 Å². The van der Waals surface area contributed by atoms with E-state index < -0.39 is 0 Å². The number of aromatic nitrogens is 2. The number of anilines is 1. The first-order valence-electron chi connectivity index (χ1n) is 8.03. The largest absolute Gasteiger partial charge is 0.489 e. The minimum absolute atomic E-state index is 0.238. The van der Waals surface area contributed by atoms with Gasteiger partial charge in [0.15, 0.2) is 0 Å². The lowest BCUT2D eigenvalue weighted by Gasteiger charge is -2.08. The van der Waals surface area contributed by atoms with E-state index in [1.807, 2.05) is 30.3 Å². The number of nitrogens with zero attached hydrogens (tertiary/aromatic N) is 2. The number of hydrazone groups is 1. The van der Waals surface area contributed by atoms with Crippen LogP contribution >= 0.6 is 23.2 Å². The molecule has 0 fully saturated rings. The maximum absolute atomic E-state index is 11.4. The van der Waals surface area contributed by atoms with Crippen LogP contribution in [0.1, 0.15) is 16.8 Å². The number of ether oxygens (including phenoxy) is 1. The Hall–Kier alpha value is -2.83. The number of aromatic amines is 1. The number of hydrogen-bond acceptors (Lipinski definition) is 5. The molecule has 0 aliphatic carbocycles. The third-order valence-electron chi connectivity index (χ3n) is 3.50. The fourth-order valence-electron chi connectivity index (χ4n) is 2.28. The molecule has 0 aliphatic rings. The highest BCUT2D eigenvalue weighted by Crippen LogP contribution is 2.23. The first-order chi connectivity index (χ1) is 13.0. The second-order valence-corrected chi connectivity index (χ2v) is 6.53. The summed E-state index contributed by atoms with van der Waals surface area (Å²) in [5.74, 6) is 0.968. The Morgan fingerprint density at radius 2 is 2.04 bits per heavy atom. The van der Waals surface area contributed by atoms with Gasteiger partial charge in [0.25, 0.3) is 5.56 Å². The SMILES string of the molecule is Cc1cc(=O)[nH]c(N/N=C/c2cccc(OCc3ccc(Cl)c(Cl)c3)c2)n1. The highest BCUT2D eigenvalue weighted by Gasteiger charge is 2.02. The van der Waals surface area contributed by atoms with E-state index in [1.165, 1.54) is 6.07 Å². The molecule has 1 heterocycles. The highest BCUT2D eigenvalue weighted by atomic mass is 35.5. The van der Waals surface area contributed by atoms with Crippen LogP contribution in [0.3, 0.4) is 0 Å². The number of aryl methyl sites for hydroxylation is 1. The molecule has 3 aromatic rings. The lowest BCUT2D eigenvalue weighted by atomic mass is 10.2. The summed E-state index contributed by atoms with van der Waals surface area (Å²) in [5, 5.41) is 5.08. The molecule has 0 bridgehead atoms. The van der Waals surface area contributed by atoms with Crippen LogP contribution in [-0.4, -0.2) is 16.2 Å². The fourth-order valence-corrected chi connectivity index (χ4v) is 2.60. The molecule has 2 aromatic carbocycles. The Kier molecular flexibility index (Phi) is 6.11. The van der Waals surface area contributed by atoms with E-state index in [0.717, 1.165) is 11.1 Å². The minimum Gasteiger partial charge on any atom is -0.489 e. The molecule has 0 saturated carbocycles. The average molecular weight is 403 g/mol. The zero-order valence-electron chi connectivity index (χ0n) is 14.4. The zero-order valence-corrected chi connectivity index (χ0v) is 15.9. The van der Waals surface area contributed by atoms with E-state index in [9.17, 15) is 4.79 Å². The molecule has 138 valence electrons. The topological polar surface area (TPSA) is 79.4 Å². The maximum atomic E-state index is 11.4. The van der Waals surface area contributed by atoms with E-state index in [2.05, 4.69) is 20.5 Å². The quantitative estimate of drug-likeness (QED) is 0.472. The van der Waals surface area contributed by atoms with Crippen molar-refractivity contribution in [3.63, 3.8) is 0 Å². The Balaban J connectivity index is 1.62. The average Bonchev–Trinajstić information content (AvgIpc) is 2.62. The number of hydrogen-bond donors (Lipinski definition) is 2. The number of nitrogens with one attached hydrogen (secondary N) is 2. The summed E-state index contributed by atoms with van der Waals surface area (Å²) in [6, 6.07) is 14.2. The lowest BCUT2D eigenvalue weighted by molar-refractivity contribution is 0.306. The standard InChI is InChI=1S/C19H16Cl2N4O2/c1-12-7-18(26)24-19(23-12)25-22-10-13-3-2-4-15(8-13)27-11-14-5-6-16(20)17(21)9-14/h2-10H,11H2,1H3,(H2,23,24,25,26)/b22-10+. The molecule has 1 aromatic heterocycles. The summed E-state index contributed by atoms with van der Waals surface area (Å²) in [7, 11) is 0. The molecule has 3 rings (SSSR count). The Labute approximate surface area is 165 Å². The van der Waals surface area contributed by atoms with Gasteiger partial charge >= 0.3 is 0 Å². The molecular formula is C19H16Cl2N4O2. The summed E-state index contributed by atoms with van der Waals surface area (Å²) in [6.07, 6.45) is 1.61. The van der Waals surface area contributed by atoms with Crippen LogP contribution in [0.15, 0.2) is 58.4 Å². The first kappa shape index (κ1) is 18.9. The monoisotopic (exact) mass is 402 g/mol. The molecule has 0 atom stereocenters. The van der Waals surface area contributed by atoms with E-state index in [-0.39, 0.29) is 11.5 Å². The Morgan fingerprint density at radius 3 is 2.81 bits per heavy atom. The summed E-state index contributed by atoms with van der Waals surface area (Å²) in [4.78, 5) is 18.1. The third-order valence-corrected chi connectivity index (χ3v) is 4.24. The lowest BCUT2D eigenvalue weighted by Crippen LogP contribution is -2.10. The van der Waals surface area contributed by atoms with Gasteiger partial charge in [-0.1, -0.05) is 41.4 Å². The van der Waals surface area contributed by atoms with Gasteiger partial charge in [-0.25, -0.2) is 10.4 Å². The molecule has 6 nitrogen and oxygen atoms in total. The van der Waals surface area contributed by atoms with Crippen molar-refractivity contribution in [3.8, 4) is 5.75 Å². The first-order valence-corrected chi connectivity index (χ1v) is 8.79. The van der Waals surface area contributed by atoms with Gasteiger partial charge < -0.3 is 4.74 Å². The van der Waals surface area contributed by atoms with Crippen molar-refractivity contribution in [2.45, 2.75) is 13.5 Å². The normalized spacial score (nSPS) is 10.9. The molecule has 2 N–H and O–H groups in total. The second-order valence-electron chi connectivity index (χ2n) is 5.72. The van der Waals surface area contributed by atoms with Gasteiger partial charge in [-0.05, 0) is 42.3 Å². The number of halogens is 2. The molecular weight excluding hydrogens is 387 g/mol. The molecule has 0 aliphatic heterocycles. The van der Waals surface area contributed by atoms with Crippen molar-refractivity contribution in [1.82, 2.24) is 9.97 Å². The van der Waals surface area contributed by atoms with Crippen LogP contribution in [-0.2, 0) is 6.61 Å². The number of H-pyrrole nitrogens is 1. The van der Waals surface area contributed by atoms with E-state index in [0.29, 0.717) is 28.1 Å². The van der Waals surface area contributed by atoms with Gasteiger partial charge in [0.1, 0.15) is 12.4 Å². The van der Waals surface area contributed by atoms with Gasteiger partial charge in [0.05, 0.1) is 16.3 Å². The summed E-state index contributed by atoms with van der Waals surface area (Å²) < 4.78 is 5.78. The maximum Gasteiger partial charge on any atom is 0.252 e. The molecule has 0 saturated heterocycles. The summed E-state index contributed by atoms with van der Waals surface area (Å²) >= 11 is 11.9. The zero-order chi connectivity index (χ0) is 19.2. The van der Waals surface area contributed by atoms with Gasteiger partial charge in [-0.2, -0.15) is 5.10 Å². The summed E-state index contributed by atoms with van der Waals surface area (Å²) in [5.41, 5.74) is 4.81. The third kappa shape index (κ3) is 5.57. The van der Waals surface area contributed by atoms with Crippen LogP contribution in [0, 0.1) is 6.92 Å². The molecule has 0 unspecified atom stereocenters. The number of benzene rings is 2. The van der Waals surface area contributed by atoms with Crippen LogP contribution < -0.4 is 15.7 Å². The van der Waals surface area contributed by atoms with Crippen LogP contribution in [0.5, 0.6) is 5.75 Å². The van der Waals surface area contributed by atoms with E-state index >= 15 is 0 Å². The molecule has 0 radical (unpaired) electrons. The van der Waals surface area contributed by atoms with Crippen LogP contribution in [0.2, 0.25) is 10.0 Å². The molecule has 27 heavy (non-hydrogen) atoms. The van der Waals surface area contributed by atoms with Crippen LogP contribution in [0.25, 0.3) is 0 Å². The Morgan fingerprint density at radius 1 is 1.19 bits per heavy atom. The van der Waals surface area contributed by atoms with Gasteiger partial charge in [0.2, 0.25) is 5.95 Å². The Bertz CT molecular complexity index is 1030. The minimum atomic E-state index is -0.238. The second kappa shape index (κ2) is 8.70. The fraction of sp³-hybridized carbons (Fsp3) is 0.105. The smallest absolute Gasteiger partial charge is 0.252 e. The number of rotatable bonds is 6. The molecule has 0 amide bonds. The molecule has 0 spiro atoms. The summed E-state index contributed by atoms with van der Waals surface area (Å²) in [6.45, 7) is 2.10. The van der Waals surface area contributed by atoms with Crippen molar-refractivity contribution in [2.24, 2.45) is 5.10 Å². The van der Waals surface area contributed by atoms with Gasteiger partial charge in [0, 0.05) is 11.8 Å². The van der Waals surface area contributed by atoms with Crippen molar-refractivity contribution in [2.75, 3.05) is 5.43 Å². The van der Waals surface area contributed by atoms with Crippen molar-refractivity contribution < 1.29 is 4.74 Å². The van der Waals surface area contributed by atoms with E-state index in [4.69, 9.17) is 27.9 Å². The molecule has 8 heteroatoms.